The van der Waals surface area contributed by atoms with Gasteiger partial charge >= 0.3 is 0 Å². The van der Waals surface area contributed by atoms with E-state index >= 15 is 0 Å². The van der Waals surface area contributed by atoms with Crippen molar-refractivity contribution >= 4 is 17.2 Å². The SMILES string of the molecule is Cc1ncsc1C(=O)N(C)C[C@H]1CCCN(CCc2ccccc2F)C1. The van der Waals surface area contributed by atoms with Gasteiger partial charge in [0.25, 0.3) is 5.91 Å². The molecule has 1 atom stereocenters. The predicted molar refractivity (Wildman–Crippen MR) is 103 cm³/mol. The molecule has 1 saturated heterocycles. The first-order valence-electron chi connectivity index (χ1n) is 9.16. The van der Waals surface area contributed by atoms with E-state index < -0.39 is 0 Å². The lowest BCUT2D eigenvalue weighted by atomic mass is 9.97. The summed E-state index contributed by atoms with van der Waals surface area (Å²) in [5.74, 6) is 0.409. The van der Waals surface area contributed by atoms with Crippen molar-refractivity contribution in [3.05, 3.63) is 51.7 Å². The van der Waals surface area contributed by atoms with Gasteiger partial charge in [0.15, 0.2) is 0 Å². The third-order valence-electron chi connectivity index (χ3n) is 5.08. The molecule has 0 spiro atoms. The third-order valence-corrected chi connectivity index (χ3v) is 5.99. The molecule has 0 radical (unpaired) electrons. The van der Waals surface area contributed by atoms with Gasteiger partial charge in [-0.1, -0.05) is 18.2 Å². The second kappa shape index (κ2) is 8.73. The van der Waals surface area contributed by atoms with Gasteiger partial charge in [0, 0.05) is 26.7 Å². The van der Waals surface area contributed by atoms with E-state index in [0.717, 1.165) is 61.6 Å². The van der Waals surface area contributed by atoms with E-state index in [9.17, 15) is 9.18 Å². The number of carbonyl (C=O) groups is 1. The number of benzene rings is 1. The predicted octanol–water partition coefficient (Wildman–Crippen LogP) is 3.62. The average Bonchev–Trinajstić information content (AvgIpc) is 3.06. The van der Waals surface area contributed by atoms with E-state index in [4.69, 9.17) is 0 Å². The van der Waals surface area contributed by atoms with E-state index in [1.54, 1.807) is 11.6 Å². The molecule has 1 aromatic heterocycles. The Morgan fingerprint density at radius 3 is 2.96 bits per heavy atom. The minimum Gasteiger partial charge on any atom is -0.341 e. The van der Waals surface area contributed by atoms with Crippen LogP contribution >= 0.6 is 11.3 Å². The second-order valence-corrected chi connectivity index (χ2v) is 7.96. The van der Waals surface area contributed by atoms with Crippen LogP contribution in [0.1, 0.15) is 33.8 Å². The number of halogens is 1. The second-order valence-electron chi connectivity index (χ2n) is 7.10. The van der Waals surface area contributed by atoms with Crippen LogP contribution in [0.5, 0.6) is 0 Å². The fourth-order valence-electron chi connectivity index (χ4n) is 3.63. The molecule has 0 aliphatic carbocycles. The van der Waals surface area contributed by atoms with Crippen molar-refractivity contribution < 1.29 is 9.18 Å². The highest BCUT2D eigenvalue weighted by molar-refractivity contribution is 7.11. The number of piperidine rings is 1. The molecule has 1 fully saturated rings. The van der Waals surface area contributed by atoms with E-state index in [-0.39, 0.29) is 11.7 Å². The lowest BCUT2D eigenvalue weighted by Crippen LogP contribution is -2.42. The number of nitrogens with zero attached hydrogens (tertiary/aromatic N) is 3. The van der Waals surface area contributed by atoms with Gasteiger partial charge in [-0.15, -0.1) is 11.3 Å². The fourth-order valence-corrected chi connectivity index (χ4v) is 4.43. The topological polar surface area (TPSA) is 36.4 Å². The van der Waals surface area contributed by atoms with Gasteiger partial charge in [-0.2, -0.15) is 0 Å². The van der Waals surface area contributed by atoms with Crippen molar-refractivity contribution in [2.24, 2.45) is 5.92 Å². The van der Waals surface area contributed by atoms with E-state index in [1.165, 1.54) is 17.4 Å². The van der Waals surface area contributed by atoms with Crippen molar-refractivity contribution in [1.82, 2.24) is 14.8 Å². The number of likely N-dealkylation sites (tertiary alicyclic amines) is 1. The molecular formula is C20H26FN3OS. The summed E-state index contributed by atoms with van der Waals surface area (Å²) >= 11 is 1.41. The molecule has 4 nitrogen and oxygen atoms in total. The Kier molecular flexibility index (Phi) is 6.38. The Morgan fingerprint density at radius 2 is 2.23 bits per heavy atom. The molecule has 140 valence electrons. The number of hydrogen-bond acceptors (Lipinski definition) is 4. The number of aromatic nitrogens is 1. The fraction of sp³-hybridized carbons (Fsp3) is 0.500. The number of hydrogen-bond donors (Lipinski definition) is 0. The van der Waals surface area contributed by atoms with E-state index in [1.807, 2.05) is 31.0 Å². The number of carbonyl (C=O) groups excluding carboxylic acids is 1. The van der Waals surface area contributed by atoms with Gasteiger partial charge < -0.3 is 9.80 Å². The lowest BCUT2D eigenvalue weighted by molar-refractivity contribution is 0.0734. The van der Waals surface area contributed by atoms with Crippen LogP contribution < -0.4 is 0 Å². The maximum absolute atomic E-state index is 13.8. The minimum absolute atomic E-state index is 0.0634. The van der Waals surface area contributed by atoms with Gasteiger partial charge in [-0.3, -0.25) is 4.79 Å². The van der Waals surface area contributed by atoms with Crippen molar-refractivity contribution in [3.63, 3.8) is 0 Å². The lowest BCUT2D eigenvalue weighted by Gasteiger charge is -2.34. The number of rotatable bonds is 6. The average molecular weight is 376 g/mol. The summed E-state index contributed by atoms with van der Waals surface area (Å²) in [5.41, 5.74) is 3.31. The van der Waals surface area contributed by atoms with Crippen molar-refractivity contribution in [2.45, 2.75) is 26.2 Å². The smallest absolute Gasteiger partial charge is 0.265 e. The normalized spacial score (nSPS) is 18.0. The standard InChI is InChI=1S/C20H26FN3OS/c1-15-19(26-14-22-15)20(25)23(2)12-16-6-5-10-24(13-16)11-9-17-7-3-4-8-18(17)21/h3-4,7-8,14,16H,5-6,9-13H2,1-2H3/t16-/m1/s1. The maximum atomic E-state index is 13.8. The summed E-state index contributed by atoms with van der Waals surface area (Å²) in [6.45, 7) is 5.52. The summed E-state index contributed by atoms with van der Waals surface area (Å²) in [6.07, 6.45) is 2.99. The highest BCUT2D eigenvalue weighted by Gasteiger charge is 2.24. The molecule has 0 bridgehead atoms. The molecular weight excluding hydrogens is 349 g/mol. The maximum Gasteiger partial charge on any atom is 0.265 e. The quantitative estimate of drug-likeness (QED) is 0.774. The monoisotopic (exact) mass is 375 g/mol. The first-order valence-corrected chi connectivity index (χ1v) is 10.0. The van der Waals surface area contributed by atoms with Crippen LogP contribution in [0, 0.1) is 18.7 Å². The Labute approximate surface area is 158 Å². The van der Waals surface area contributed by atoms with Crippen LogP contribution in [0.3, 0.4) is 0 Å². The van der Waals surface area contributed by atoms with Crippen LogP contribution in [0.2, 0.25) is 0 Å². The zero-order chi connectivity index (χ0) is 18.5. The Morgan fingerprint density at radius 1 is 1.42 bits per heavy atom. The number of thiazole rings is 1. The van der Waals surface area contributed by atoms with Crippen LogP contribution in [-0.4, -0.2) is 53.9 Å². The molecule has 1 aromatic carbocycles. The van der Waals surface area contributed by atoms with Crippen molar-refractivity contribution in [1.29, 1.82) is 0 Å². The van der Waals surface area contributed by atoms with Gasteiger partial charge in [0.1, 0.15) is 10.7 Å². The summed E-state index contributed by atoms with van der Waals surface area (Å²) in [4.78, 5) is 21.7. The molecule has 1 aliphatic heterocycles. The van der Waals surface area contributed by atoms with Gasteiger partial charge in [0.05, 0.1) is 11.2 Å². The van der Waals surface area contributed by atoms with E-state index in [2.05, 4.69) is 9.88 Å². The molecule has 3 rings (SSSR count). The van der Waals surface area contributed by atoms with Crippen LogP contribution in [0.4, 0.5) is 4.39 Å². The zero-order valence-corrected chi connectivity index (χ0v) is 16.3. The molecule has 1 aliphatic rings. The molecule has 6 heteroatoms. The van der Waals surface area contributed by atoms with E-state index in [0.29, 0.717) is 5.92 Å². The van der Waals surface area contributed by atoms with Crippen LogP contribution in [0.25, 0.3) is 0 Å². The molecule has 2 heterocycles. The van der Waals surface area contributed by atoms with Crippen molar-refractivity contribution in [2.75, 3.05) is 33.2 Å². The van der Waals surface area contributed by atoms with Gasteiger partial charge in [0.2, 0.25) is 0 Å². The van der Waals surface area contributed by atoms with Crippen molar-refractivity contribution in [3.8, 4) is 0 Å². The molecule has 26 heavy (non-hydrogen) atoms. The Bertz CT molecular complexity index is 748. The highest BCUT2D eigenvalue weighted by Crippen LogP contribution is 2.20. The minimum atomic E-state index is -0.119. The third kappa shape index (κ3) is 4.68. The number of amides is 1. The number of aryl methyl sites for hydroxylation is 1. The molecule has 0 saturated carbocycles. The summed E-state index contributed by atoms with van der Waals surface area (Å²) in [5, 5.41) is 0. The zero-order valence-electron chi connectivity index (χ0n) is 15.4. The first kappa shape index (κ1) is 19.0. The van der Waals surface area contributed by atoms with Crippen LogP contribution in [-0.2, 0) is 6.42 Å². The first-order chi connectivity index (χ1) is 12.5. The largest absolute Gasteiger partial charge is 0.341 e. The Hall–Kier alpha value is -1.79. The Balaban J connectivity index is 1.51. The molecule has 1 amide bonds. The molecule has 0 N–H and O–H groups in total. The summed E-state index contributed by atoms with van der Waals surface area (Å²) < 4.78 is 13.8. The molecule has 2 aromatic rings. The molecule has 0 unspecified atom stereocenters. The van der Waals surface area contributed by atoms with Gasteiger partial charge in [-0.25, -0.2) is 9.37 Å². The van der Waals surface area contributed by atoms with Crippen LogP contribution in [0.15, 0.2) is 29.8 Å². The van der Waals surface area contributed by atoms with Gasteiger partial charge in [-0.05, 0) is 50.3 Å². The highest BCUT2D eigenvalue weighted by atomic mass is 32.1. The summed E-state index contributed by atoms with van der Waals surface area (Å²) in [6, 6.07) is 7.00. The summed E-state index contributed by atoms with van der Waals surface area (Å²) in [7, 11) is 1.87.